The largest absolute Gasteiger partial charge is 0.308 e. The van der Waals surface area contributed by atoms with Gasteiger partial charge in [0.25, 0.3) is 0 Å². The van der Waals surface area contributed by atoms with E-state index in [1.54, 1.807) is 0 Å². The molecule has 0 saturated heterocycles. The van der Waals surface area contributed by atoms with E-state index in [0.29, 0.717) is 11.1 Å². The van der Waals surface area contributed by atoms with Crippen molar-refractivity contribution >= 4 is 44.4 Å². The predicted octanol–water partition coefficient (Wildman–Crippen LogP) is 17.2. The van der Waals surface area contributed by atoms with Gasteiger partial charge in [0.1, 0.15) is 11.6 Å². The van der Waals surface area contributed by atoms with E-state index in [1.165, 1.54) is 27.8 Å². The number of hydrogen-bond donors (Lipinski definition) is 0. The average molecular weight is 899 g/mol. The van der Waals surface area contributed by atoms with Crippen LogP contribution < -0.4 is 0 Å². The maximum absolute atomic E-state index is 12.0. The number of nitrogens with zero attached hydrogens (tertiary/aromatic N) is 4. The van der Waals surface area contributed by atoms with E-state index in [0.717, 1.165) is 105 Å². The highest BCUT2D eigenvalue weighted by molar-refractivity contribution is 6.12. The Morgan fingerprint density at radius 3 is 1.39 bits per heavy atom. The Labute approximate surface area is 409 Å². The molecule has 11 aromatic rings. The number of hydrogen-bond acceptors (Lipinski definition) is 2. The van der Waals surface area contributed by atoms with E-state index in [9.17, 15) is 10.5 Å². The molecule has 70 heavy (non-hydrogen) atoms. The van der Waals surface area contributed by atoms with Gasteiger partial charge in [0.2, 0.25) is 0 Å². The zero-order valence-corrected chi connectivity index (χ0v) is 40.3. The third-order valence-electron chi connectivity index (χ3n) is 14.3. The molecule has 2 heterocycles. The number of nitriles is 2. The van der Waals surface area contributed by atoms with Gasteiger partial charge < -0.3 is 9.13 Å². The molecule has 0 atom stereocenters. The molecule has 0 bridgehead atoms. The van der Waals surface area contributed by atoms with Gasteiger partial charge >= 0.3 is 0 Å². The van der Waals surface area contributed by atoms with Crippen molar-refractivity contribution < 1.29 is 0 Å². The first-order valence-electron chi connectivity index (χ1n) is 23.9. The lowest BCUT2D eigenvalue weighted by Gasteiger charge is -2.20. The van der Waals surface area contributed by atoms with Crippen LogP contribution in [0.2, 0.25) is 0 Å². The lowest BCUT2D eigenvalue weighted by molar-refractivity contribution is 1.07. The lowest BCUT2D eigenvalue weighted by Crippen LogP contribution is -2.07. The van der Waals surface area contributed by atoms with Gasteiger partial charge in [0.15, 0.2) is 0 Å². The summed E-state index contributed by atoms with van der Waals surface area (Å²) < 4.78 is 4.64. The van der Waals surface area contributed by atoms with Crippen LogP contribution in [0.5, 0.6) is 0 Å². The molecule has 0 spiro atoms. The minimum Gasteiger partial charge on any atom is -0.308 e. The van der Waals surface area contributed by atoms with Crippen molar-refractivity contribution in [3.63, 3.8) is 0 Å². The van der Waals surface area contributed by atoms with Gasteiger partial charge in [-0.3, -0.25) is 0 Å². The highest BCUT2D eigenvalue weighted by atomic mass is 15.0. The topological polar surface area (TPSA) is 57.4 Å². The van der Waals surface area contributed by atoms with Gasteiger partial charge in [0, 0.05) is 16.2 Å². The normalized spacial score (nSPS) is 11.6. The number of rotatable bonds is 8. The van der Waals surface area contributed by atoms with E-state index in [1.807, 2.05) is 18.2 Å². The Balaban J connectivity index is 1.31. The number of benzene rings is 9. The molecule has 0 radical (unpaired) electrons. The third kappa shape index (κ3) is 7.39. The van der Waals surface area contributed by atoms with Gasteiger partial charge in [-0.2, -0.15) is 10.5 Å². The second kappa shape index (κ2) is 17.6. The van der Waals surface area contributed by atoms with E-state index in [2.05, 4.69) is 239 Å². The summed E-state index contributed by atoms with van der Waals surface area (Å²) in [6.45, 7) is 13.0. The van der Waals surface area contributed by atoms with E-state index in [-0.39, 0.29) is 0 Å². The minimum absolute atomic E-state index is 0.531. The van der Waals surface area contributed by atoms with Crippen LogP contribution in [-0.2, 0) is 0 Å². The molecular weight excluding hydrogens is 849 g/mol. The molecule has 334 valence electrons. The van der Waals surface area contributed by atoms with Crippen molar-refractivity contribution in [1.29, 1.82) is 10.5 Å². The smallest absolute Gasteiger partial charge is 0.104 e. The van der Waals surface area contributed by atoms with Crippen LogP contribution in [0, 0.1) is 57.3 Å². The van der Waals surface area contributed by atoms with Crippen molar-refractivity contribution in [2.45, 2.75) is 41.5 Å². The second-order valence-corrected chi connectivity index (χ2v) is 18.7. The first-order chi connectivity index (χ1) is 34.1. The van der Waals surface area contributed by atoms with Crippen LogP contribution in [0.15, 0.2) is 188 Å². The van der Waals surface area contributed by atoms with Crippen molar-refractivity contribution in [2.75, 3.05) is 0 Å². The quantitative estimate of drug-likeness (QED) is 0.153. The zero-order valence-electron chi connectivity index (χ0n) is 40.3. The standard InChI is InChI=1S/C66H50N4/c1-41-16-7-11-22-53(41)45(5)32-61-46(6)57-29-26-49(54-23-12-8-17-42(54)2)34-62(57)69(61)65-37-52(48-21-15-20-47(33-48)39-67)38-66(60(65)40-68)70-63-35-50(55-24-13-9-18-43(55)3)27-30-58(63)59-31-28-51(36-64(59)70)56-25-14-10-19-44(56)4/h7-38H,1-6H3/b45-32+. The predicted molar refractivity (Wildman–Crippen MR) is 292 cm³/mol. The van der Waals surface area contributed by atoms with Crippen LogP contribution in [0.3, 0.4) is 0 Å². The Bertz CT molecular complexity index is 3940. The minimum atomic E-state index is 0.531. The fraction of sp³-hybridized carbons (Fsp3) is 0.0909. The molecule has 9 aromatic carbocycles. The molecule has 2 aromatic heterocycles. The summed E-state index contributed by atoms with van der Waals surface area (Å²) in [5, 5.41) is 25.5. The number of allylic oxidation sites excluding steroid dienone is 1. The molecule has 0 unspecified atom stereocenters. The van der Waals surface area contributed by atoms with E-state index >= 15 is 0 Å². The van der Waals surface area contributed by atoms with Gasteiger partial charge in [-0.15, -0.1) is 0 Å². The molecule has 4 nitrogen and oxygen atoms in total. The first-order valence-corrected chi connectivity index (χ1v) is 23.9. The number of fused-ring (bicyclic) bond motifs is 4. The summed E-state index contributed by atoms with van der Waals surface area (Å²) >= 11 is 0. The summed E-state index contributed by atoms with van der Waals surface area (Å²) in [5.41, 5.74) is 23.3. The average Bonchev–Trinajstić information content (AvgIpc) is 3.85. The highest BCUT2D eigenvalue weighted by Crippen LogP contribution is 2.43. The third-order valence-corrected chi connectivity index (χ3v) is 14.3. The van der Waals surface area contributed by atoms with Crippen LogP contribution in [0.1, 0.15) is 57.1 Å². The van der Waals surface area contributed by atoms with Gasteiger partial charge in [0.05, 0.1) is 45.3 Å². The Hall–Kier alpha value is -8.96. The second-order valence-electron chi connectivity index (χ2n) is 18.7. The maximum Gasteiger partial charge on any atom is 0.104 e. The molecule has 0 fully saturated rings. The van der Waals surface area contributed by atoms with Crippen molar-refractivity contribution in [1.82, 2.24) is 9.13 Å². The Kier molecular flexibility index (Phi) is 11.0. The molecule has 0 aliphatic rings. The summed E-state index contributed by atoms with van der Waals surface area (Å²) in [6, 6.07) is 71.6. The summed E-state index contributed by atoms with van der Waals surface area (Å²) in [5.74, 6) is 0. The molecule has 11 rings (SSSR count). The first kappa shape index (κ1) is 43.6. The highest BCUT2D eigenvalue weighted by Gasteiger charge is 2.25. The van der Waals surface area contributed by atoms with Gasteiger partial charge in [-0.05, 0) is 174 Å². The zero-order chi connectivity index (χ0) is 48.2. The van der Waals surface area contributed by atoms with E-state index in [4.69, 9.17) is 0 Å². The maximum atomic E-state index is 12.0. The molecule has 0 aliphatic heterocycles. The Morgan fingerprint density at radius 2 is 0.886 bits per heavy atom. The lowest BCUT2D eigenvalue weighted by atomic mass is 9.97. The fourth-order valence-electron chi connectivity index (χ4n) is 10.7. The van der Waals surface area contributed by atoms with Crippen LogP contribution in [0.4, 0.5) is 0 Å². The van der Waals surface area contributed by atoms with Crippen LogP contribution in [0.25, 0.3) is 100 Å². The molecule has 0 aliphatic carbocycles. The molecule has 0 N–H and O–H groups in total. The van der Waals surface area contributed by atoms with E-state index < -0.39 is 0 Å². The molecule has 0 amide bonds. The van der Waals surface area contributed by atoms with Crippen molar-refractivity contribution in [2.24, 2.45) is 0 Å². The summed E-state index contributed by atoms with van der Waals surface area (Å²) in [6.07, 6.45) is 2.29. The molecular formula is C66H50N4. The Morgan fingerprint density at radius 1 is 0.414 bits per heavy atom. The monoisotopic (exact) mass is 898 g/mol. The summed E-state index contributed by atoms with van der Waals surface area (Å²) in [7, 11) is 0. The van der Waals surface area contributed by atoms with Gasteiger partial charge in [-0.1, -0.05) is 146 Å². The number of aromatic nitrogens is 2. The number of aryl methyl sites for hydroxylation is 5. The van der Waals surface area contributed by atoms with Crippen LogP contribution in [-0.4, -0.2) is 9.13 Å². The van der Waals surface area contributed by atoms with Crippen molar-refractivity contribution in [3.05, 3.63) is 238 Å². The SMILES string of the molecule is C/C(=C\c1c(C)c2ccc(-c3ccccc3C)cc2n1-c1cc(-c2cccc(C#N)c2)cc(-n2c3cc(-c4ccccc4C)ccc3c3ccc(-c4ccccc4C)cc32)c1C#N)c1ccccc1C. The molecule has 0 saturated carbocycles. The van der Waals surface area contributed by atoms with Crippen molar-refractivity contribution in [3.8, 4) is 68.0 Å². The van der Waals surface area contributed by atoms with Gasteiger partial charge in [-0.25, -0.2) is 0 Å². The fourth-order valence-corrected chi connectivity index (χ4v) is 10.7. The summed E-state index contributed by atoms with van der Waals surface area (Å²) in [4.78, 5) is 0. The molecule has 4 heteroatoms. The van der Waals surface area contributed by atoms with Crippen LogP contribution >= 0.6 is 0 Å².